The van der Waals surface area contributed by atoms with Crippen LogP contribution in [0.15, 0.2) is 71.4 Å². The Morgan fingerprint density at radius 2 is 1.85 bits per heavy atom. The quantitative estimate of drug-likeness (QED) is 0.351. The summed E-state index contributed by atoms with van der Waals surface area (Å²) in [7, 11) is 0.124. The number of hydrogen-bond donors (Lipinski definition) is 1. The molecule has 0 amide bonds. The monoisotopic (exact) mass is 460 g/mol. The Morgan fingerprint density at radius 3 is 2.67 bits per heavy atom. The second-order valence-corrected chi connectivity index (χ2v) is 10.0. The van der Waals surface area contributed by atoms with E-state index in [9.17, 15) is 4.39 Å². The normalized spacial score (nSPS) is 13.9. The first-order valence-corrected chi connectivity index (χ1v) is 12.6. The molecule has 1 N–H and O–H groups in total. The molecule has 0 bridgehead atoms. The molecule has 168 valence electrons. The summed E-state index contributed by atoms with van der Waals surface area (Å²) in [5.41, 5.74) is 4.51. The second kappa shape index (κ2) is 9.67. The van der Waals surface area contributed by atoms with Crippen LogP contribution in [-0.4, -0.2) is 21.5 Å². The van der Waals surface area contributed by atoms with E-state index in [0.717, 1.165) is 27.7 Å². The smallest absolute Gasteiger partial charge is 0.146 e. The summed E-state index contributed by atoms with van der Waals surface area (Å²) in [4.78, 5) is 8.97. The molecule has 0 aliphatic carbocycles. The molecule has 7 heteroatoms. The molecule has 4 aromatic rings. The zero-order chi connectivity index (χ0) is 22.6. The molecule has 0 unspecified atom stereocenters. The van der Waals surface area contributed by atoms with Crippen molar-refractivity contribution in [2.24, 2.45) is 4.36 Å². The average molecular weight is 461 g/mol. The minimum absolute atomic E-state index is 0.124. The lowest BCUT2D eigenvalue weighted by atomic mass is 10.1. The van der Waals surface area contributed by atoms with Gasteiger partial charge in [-0.15, -0.1) is 0 Å². The summed E-state index contributed by atoms with van der Waals surface area (Å²) in [6.07, 6.45) is 4.07. The van der Waals surface area contributed by atoms with Gasteiger partial charge in [0, 0.05) is 23.0 Å². The van der Waals surface area contributed by atoms with Gasteiger partial charge in [0.05, 0.1) is 16.9 Å². The van der Waals surface area contributed by atoms with Crippen LogP contribution in [0.1, 0.15) is 24.0 Å². The Labute approximate surface area is 195 Å². The van der Waals surface area contributed by atoms with Gasteiger partial charge >= 0.3 is 0 Å². The number of nitrogens with zero attached hydrogens (tertiary/aromatic N) is 3. The van der Waals surface area contributed by atoms with Crippen LogP contribution in [0.4, 0.5) is 21.6 Å². The van der Waals surface area contributed by atoms with Gasteiger partial charge in [0.25, 0.3) is 0 Å². The predicted octanol–water partition coefficient (Wildman–Crippen LogP) is 6.63. The second-order valence-electron chi connectivity index (χ2n) is 8.09. The third-order valence-electron chi connectivity index (χ3n) is 5.60. The highest BCUT2D eigenvalue weighted by atomic mass is 32.2. The number of ether oxygens (including phenoxy) is 1. The van der Waals surface area contributed by atoms with Crippen LogP contribution < -0.4 is 10.1 Å². The first kappa shape index (κ1) is 21.5. The lowest BCUT2D eigenvalue weighted by molar-refractivity contribution is 0.306. The van der Waals surface area contributed by atoms with Crippen LogP contribution in [0.3, 0.4) is 0 Å². The lowest BCUT2D eigenvalue weighted by Crippen LogP contribution is -2.02. The largest absolute Gasteiger partial charge is 0.487 e. The molecule has 1 saturated heterocycles. The van der Waals surface area contributed by atoms with Crippen molar-refractivity contribution in [3.63, 3.8) is 0 Å². The van der Waals surface area contributed by atoms with Gasteiger partial charge in [-0.25, -0.2) is 18.7 Å². The van der Waals surface area contributed by atoms with Gasteiger partial charge in [-0.3, -0.25) is 0 Å². The van der Waals surface area contributed by atoms with Gasteiger partial charge in [-0.05, 0) is 55.2 Å². The van der Waals surface area contributed by atoms with Crippen LogP contribution in [0.2, 0.25) is 0 Å². The molecule has 0 atom stereocenters. The van der Waals surface area contributed by atoms with Crippen molar-refractivity contribution in [2.45, 2.75) is 26.4 Å². The Bertz CT molecular complexity index is 1320. The fourth-order valence-electron chi connectivity index (χ4n) is 3.98. The number of hydrogen-bond acceptors (Lipinski definition) is 5. The van der Waals surface area contributed by atoms with Crippen molar-refractivity contribution in [3.8, 4) is 5.75 Å². The minimum Gasteiger partial charge on any atom is -0.487 e. The standard InChI is InChI=1S/C26H25FN4OS/c1-18-13-21(31-33-11-5-6-12-33)15-23-25(18)26(29-17-28-23)30-22-10-9-20(27)14-24(22)32-16-19-7-3-2-4-8-19/h2-4,7-10,13-15,17H,5-6,11-12,16H2,1H3,(H,28,29,30). The maximum atomic E-state index is 14.0. The molecule has 5 rings (SSSR count). The molecule has 1 fully saturated rings. The Balaban J connectivity index is 1.46. The minimum atomic E-state index is -0.355. The Hall–Kier alpha value is -3.32. The van der Waals surface area contributed by atoms with Crippen LogP contribution in [0.25, 0.3) is 10.9 Å². The lowest BCUT2D eigenvalue weighted by Gasteiger charge is -2.15. The predicted molar refractivity (Wildman–Crippen MR) is 133 cm³/mol. The number of halogens is 1. The molecule has 3 aromatic carbocycles. The molecule has 0 saturated carbocycles. The number of benzene rings is 3. The van der Waals surface area contributed by atoms with Crippen LogP contribution in [0, 0.1) is 12.7 Å². The number of aromatic nitrogens is 2. The van der Waals surface area contributed by atoms with E-state index in [1.54, 1.807) is 12.4 Å². The van der Waals surface area contributed by atoms with Crippen molar-refractivity contribution in [1.29, 1.82) is 0 Å². The molecule has 2 heterocycles. The SMILES string of the molecule is Cc1cc(N=S2CCCC2)cc2ncnc(Nc3ccc(F)cc3OCc3ccccc3)c12. The molecular weight excluding hydrogens is 435 g/mol. The van der Waals surface area contributed by atoms with Crippen molar-refractivity contribution < 1.29 is 9.13 Å². The topological polar surface area (TPSA) is 59.4 Å². The molecule has 1 aliphatic heterocycles. The molecule has 33 heavy (non-hydrogen) atoms. The summed E-state index contributed by atoms with van der Waals surface area (Å²) >= 11 is 0. The van der Waals surface area contributed by atoms with E-state index in [1.807, 2.05) is 43.3 Å². The zero-order valence-electron chi connectivity index (χ0n) is 18.4. The molecule has 5 nitrogen and oxygen atoms in total. The van der Waals surface area contributed by atoms with E-state index in [2.05, 4.69) is 21.4 Å². The van der Waals surface area contributed by atoms with Crippen LogP contribution in [0.5, 0.6) is 5.75 Å². The number of rotatable bonds is 6. The van der Waals surface area contributed by atoms with Crippen molar-refractivity contribution in [1.82, 2.24) is 9.97 Å². The first-order chi connectivity index (χ1) is 16.2. The van der Waals surface area contributed by atoms with E-state index >= 15 is 0 Å². The number of nitrogens with one attached hydrogen (secondary N) is 1. The van der Waals surface area contributed by atoms with Crippen molar-refractivity contribution in [2.75, 3.05) is 16.8 Å². The average Bonchev–Trinajstić information content (AvgIpc) is 3.33. The number of fused-ring (bicyclic) bond motifs is 1. The highest BCUT2D eigenvalue weighted by molar-refractivity contribution is 7.87. The van der Waals surface area contributed by atoms with Gasteiger partial charge < -0.3 is 10.1 Å². The summed E-state index contributed by atoms with van der Waals surface area (Å²) in [6.45, 7) is 2.39. The van der Waals surface area contributed by atoms with Gasteiger partial charge in [-0.2, -0.15) is 0 Å². The van der Waals surface area contributed by atoms with E-state index < -0.39 is 0 Å². The maximum absolute atomic E-state index is 14.0. The zero-order valence-corrected chi connectivity index (χ0v) is 19.2. The maximum Gasteiger partial charge on any atom is 0.146 e. The summed E-state index contributed by atoms with van der Waals surface area (Å²) in [5.74, 6) is 3.10. The first-order valence-electron chi connectivity index (χ1n) is 11.0. The number of aryl methyl sites for hydroxylation is 1. The van der Waals surface area contributed by atoms with E-state index in [1.165, 1.54) is 36.5 Å². The fraction of sp³-hybridized carbons (Fsp3) is 0.231. The van der Waals surface area contributed by atoms with E-state index in [4.69, 9.17) is 9.10 Å². The van der Waals surface area contributed by atoms with Gasteiger partial charge in [-0.1, -0.05) is 41.0 Å². The Morgan fingerprint density at radius 1 is 1.03 bits per heavy atom. The highest BCUT2D eigenvalue weighted by Gasteiger charge is 2.13. The van der Waals surface area contributed by atoms with Gasteiger partial charge in [0.15, 0.2) is 0 Å². The molecule has 1 aromatic heterocycles. The summed E-state index contributed by atoms with van der Waals surface area (Å²) in [5, 5.41) is 4.26. The molecule has 0 spiro atoms. The van der Waals surface area contributed by atoms with Crippen molar-refractivity contribution in [3.05, 3.63) is 83.9 Å². The van der Waals surface area contributed by atoms with E-state index in [-0.39, 0.29) is 16.5 Å². The van der Waals surface area contributed by atoms with E-state index in [0.29, 0.717) is 23.9 Å². The fourth-order valence-corrected chi connectivity index (χ4v) is 5.85. The number of anilines is 2. The molecule has 1 aliphatic rings. The van der Waals surface area contributed by atoms with Crippen LogP contribution in [-0.2, 0) is 17.3 Å². The van der Waals surface area contributed by atoms with Crippen LogP contribution >= 0.6 is 0 Å². The van der Waals surface area contributed by atoms with Gasteiger partial charge in [0.2, 0.25) is 0 Å². The summed E-state index contributed by atoms with van der Waals surface area (Å²) in [6, 6.07) is 18.4. The van der Waals surface area contributed by atoms with Gasteiger partial charge in [0.1, 0.15) is 30.3 Å². The third-order valence-corrected chi connectivity index (χ3v) is 7.59. The highest BCUT2D eigenvalue weighted by Crippen LogP contribution is 2.34. The summed E-state index contributed by atoms with van der Waals surface area (Å²) < 4.78 is 24.9. The molecule has 0 radical (unpaired) electrons. The third kappa shape index (κ3) is 5.03. The van der Waals surface area contributed by atoms with Crippen molar-refractivity contribution >= 4 is 38.8 Å². The molecular formula is C26H25FN4OS. The Kier molecular flexibility index (Phi) is 6.30.